The minimum absolute atomic E-state index is 0.245. The zero-order valence-electron chi connectivity index (χ0n) is 13.6. The highest BCUT2D eigenvalue weighted by Gasteiger charge is 2.33. The predicted molar refractivity (Wildman–Crippen MR) is 120 cm³/mol. The third kappa shape index (κ3) is 6.22. The average Bonchev–Trinajstić information content (AvgIpc) is 2.61. The van der Waals surface area contributed by atoms with Gasteiger partial charge >= 0.3 is 0 Å². The lowest BCUT2D eigenvalue weighted by Crippen LogP contribution is -2.55. The average molecular weight is 566 g/mol. The van der Waals surface area contributed by atoms with Gasteiger partial charge in [0.05, 0.1) is 12.8 Å². The molecule has 138 valence electrons. The molecule has 0 fully saturated rings. The number of carbonyl (C=O) groups is 1. The minimum atomic E-state index is -0.816. The molecule has 0 heterocycles. The zero-order valence-corrected chi connectivity index (χ0v) is 19.2. The van der Waals surface area contributed by atoms with Gasteiger partial charge in [0.1, 0.15) is 11.9 Å². The van der Waals surface area contributed by atoms with Crippen molar-refractivity contribution in [1.29, 1.82) is 0 Å². The summed E-state index contributed by atoms with van der Waals surface area (Å²) < 4.78 is 4.48. The van der Waals surface area contributed by atoms with Crippen LogP contribution in [-0.4, -0.2) is 26.4 Å². The Morgan fingerprint density at radius 3 is 2.27 bits per heavy atom. The maximum Gasteiger partial charge on any atom is 0.252 e. The molecule has 0 aromatic heterocycles. The summed E-state index contributed by atoms with van der Waals surface area (Å²) >= 11 is 15.7. The Balaban J connectivity index is 2.08. The van der Waals surface area contributed by atoms with E-state index < -0.39 is 8.31 Å². The Labute approximate surface area is 182 Å². The van der Waals surface area contributed by atoms with Crippen LogP contribution in [-0.2, 0) is 0 Å². The van der Waals surface area contributed by atoms with E-state index in [2.05, 4.69) is 63.7 Å². The van der Waals surface area contributed by atoms with Crippen LogP contribution < -0.4 is 20.7 Å². The molecule has 0 saturated carbocycles. The first-order valence-electron chi connectivity index (χ1n) is 7.44. The summed E-state index contributed by atoms with van der Waals surface area (Å²) in [6, 6.07) is 16.3. The molecule has 1 unspecified atom stereocenters. The van der Waals surface area contributed by atoms with Gasteiger partial charge in [-0.3, -0.25) is 4.79 Å². The second-order valence-corrected chi connectivity index (χ2v) is 12.5. The standard InChI is InChI=1S/C17H16Br3N3O2S/c1-25-13-10-6-5-9-12(13)21-16(26)23-15(17(18,19)20)22-14(24)11-7-3-2-4-8-11/h2-10,15H,1H3,(H,22,24)(H2,21,23,26). The number of halogens is 3. The number of thiocarbonyl (C=S) groups is 1. The Bertz CT molecular complexity index is 769. The van der Waals surface area contributed by atoms with Crippen LogP contribution in [0.25, 0.3) is 0 Å². The maximum atomic E-state index is 12.4. The van der Waals surface area contributed by atoms with E-state index >= 15 is 0 Å². The van der Waals surface area contributed by atoms with Gasteiger partial charge in [0.15, 0.2) is 7.26 Å². The van der Waals surface area contributed by atoms with Crippen LogP contribution in [0.2, 0.25) is 0 Å². The highest BCUT2D eigenvalue weighted by atomic mass is 80.0. The Morgan fingerprint density at radius 2 is 1.65 bits per heavy atom. The molecule has 3 N–H and O–H groups in total. The molecule has 2 aromatic carbocycles. The zero-order chi connectivity index (χ0) is 19.2. The van der Waals surface area contributed by atoms with Gasteiger partial charge in [-0.05, 0) is 36.5 Å². The highest BCUT2D eigenvalue weighted by molar-refractivity contribution is 9.39. The lowest BCUT2D eigenvalue weighted by atomic mass is 10.2. The maximum absolute atomic E-state index is 12.4. The smallest absolute Gasteiger partial charge is 0.252 e. The van der Waals surface area contributed by atoms with Crippen molar-refractivity contribution >= 4 is 76.7 Å². The van der Waals surface area contributed by atoms with Crippen LogP contribution in [0.3, 0.4) is 0 Å². The normalized spacial score (nSPS) is 12.0. The molecule has 2 rings (SSSR count). The van der Waals surface area contributed by atoms with Crippen molar-refractivity contribution in [3.8, 4) is 5.75 Å². The predicted octanol–water partition coefficient (Wildman–Crippen LogP) is 4.58. The number of anilines is 1. The van der Waals surface area contributed by atoms with Gasteiger partial charge in [-0.15, -0.1) is 0 Å². The molecule has 9 heteroatoms. The van der Waals surface area contributed by atoms with Crippen molar-refractivity contribution in [2.24, 2.45) is 0 Å². The minimum Gasteiger partial charge on any atom is -0.495 e. The summed E-state index contributed by atoms with van der Waals surface area (Å²) in [4.78, 5) is 12.4. The van der Waals surface area contributed by atoms with E-state index in [1.165, 1.54) is 0 Å². The first-order valence-corrected chi connectivity index (χ1v) is 10.2. The van der Waals surface area contributed by atoms with E-state index in [0.29, 0.717) is 22.1 Å². The highest BCUT2D eigenvalue weighted by Crippen LogP contribution is 2.36. The van der Waals surface area contributed by atoms with Gasteiger partial charge in [-0.25, -0.2) is 0 Å². The molecule has 5 nitrogen and oxygen atoms in total. The SMILES string of the molecule is COc1ccccc1NC(=S)NC(NC(=O)c1ccccc1)C(Br)(Br)Br. The number of nitrogens with one attached hydrogen (secondary N) is 3. The monoisotopic (exact) mass is 563 g/mol. The van der Waals surface area contributed by atoms with E-state index in [4.69, 9.17) is 17.0 Å². The molecule has 1 amide bonds. The molecule has 0 aliphatic heterocycles. The number of methoxy groups -OCH3 is 1. The number of amides is 1. The van der Waals surface area contributed by atoms with E-state index in [1.807, 2.05) is 30.3 Å². The van der Waals surface area contributed by atoms with Crippen LogP contribution in [0.4, 0.5) is 5.69 Å². The summed E-state index contributed by atoms with van der Waals surface area (Å²) in [7, 11) is 1.58. The van der Waals surface area contributed by atoms with E-state index in [9.17, 15) is 4.79 Å². The van der Waals surface area contributed by atoms with Crippen LogP contribution in [0.15, 0.2) is 54.6 Å². The van der Waals surface area contributed by atoms with Gasteiger partial charge in [0.2, 0.25) is 0 Å². The second-order valence-electron chi connectivity index (χ2n) is 5.11. The quantitative estimate of drug-likeness (QED) is 0.282. The molecule has 0 saturated heterocycles. The number of alkyl halides is 3. The van der Waals surface area contributed by atoms with Crippen molar-refractivity contribution in [2.45, 2.75) is 8.31 Å². The molecule has 0 radical (unpaired) electrons. The number of benzene rings is 2. The summed E-state index contributed by atoms with van der Waals surface area (Å²) in [5.74, 6) is 0.412. The van der Waals surface area contributed by atoms with Crippen molar-refractivity contribution in [1.82, 2.24) is 10.6 Å². The van der Waals surface area contributed by atoms with Gasteiger partial charge in [0, 0.05) is 5.56 Å². The third-order valence-electron chi connectivity index (χ3n) is 3.27. The third-order valence-corrected chi connectivity index (χ3v) is 4.86. The Morgan fingerprint density at radius 1 is 1.04 bits per heavy atom. The van der Waals surface area contributed by atoms with Crippen LogP contribution in [0.5, 0.6) is 5.75 Å². The summed E-state index contributed by atoms with van der Waals surface area (Å²) in [6.07, 6.45) is -0.607. The molecule has 0 aliphatic rings. The first kappa shape index (κ1) is 21.1. The number of carbonyl (C=O) groups excluding carboxylic acids is 1. The molecule has 1 atom stereocenters. The van der Waals surface area contributed by atoms with Gasteiger partial charge < -0.3 is 20.7 Å². The van der Waals surface area contributed by atoms with Crippen LogP contribution >= 0.6 is 60.0 Å². The van der Waals surface area contributed by atoms with Crippen LogP contribution in [0.1, 0.15) is 10.4 Å². The van der Waals surface area contributed by atoms with Crippen molar-refractivity contribution in [3.63, 3.8) is 0 Å². The van der Waals surface area contributed by atoms with Gasteiger partial charge in [0.25, 0.3) is 5.91 Å². The number of hydrogen-bond acceptors (Lipinski definition) is 3. The number of para-hydroxylation sites is 2. The number of ether oxygens (including phenoxy) is 1. The lowest BCUT2D eigenvalue weighted by molar-refractivity contribution is 0.0936. The van der Waals surface area contributed by atoms with Gasteiger partial charge in [-0.2, -0.15) is 0 Å². The summed E-state index contributed by atoms with van der Waals surface area (Å²) in [5, 5.41) is 9.29. The number of rotatable bonds is 5. The fraction of sp³-hybridized carbons (Fsp3) is 0.176. The molecule has 0 spiro atoms. The Kier molecular flexibility index (Phi) is 7.87. The molecule has 26 heavy (non-hydrogen) atoms. The molecule has 0 aliphatic carbocycles. The van der Waals surface area contributed by atoms with E-state index in [-0.39, 0.29) is 5.91 Å². The largest absolute Gasteiger partial charge is 0.495 e. The van der Waals surface area contributed by atoms with Crippen LogP contribution in [0, 0.1) is 0 Å². The fourth-order valence-electron chi connectivity index (χ4n) is 2.04. The molecule has 0 bridgehead atoms. The van der Waals surface area contributed by atoms with Gasteiger partial charge in [-0.1, -0.05) is 78.1 Å². The summed E-state index contributed by atoms with van der Waals surface area (Å²) in [5.41, 5.74) is 1.25. The fourth-order valence-corrected chi connectivity index (χ4v) is 2.96. The van der Waals surface area contributed by atoms with Crippen molar-refractivity contribution in [3.05, 3.63) is 60.2 Å². The molecule has 2 aromatic rings. The lowest BCUT2D eigenvalue weighted by Gasteiger charge is -2.29. The second kappa shape index (κ2) is 9.68. The number of hydrogen-bond donors (Lipinski definition) is 3. The van der Waals surface area contributed by atoms with Crippen molar-refractivity contribution in [2.75, 3.05) is 12.4 Å². The molecular weight excluding hydrogens is 550 g/mol. The topological polar surface area (TPSA) is 62.4 Å². The Hall–Kier alpha value is -1.16. The van der Waals surface area contributed by atoms with Crippen molar-refractivity contribution < 1.29 is 9.53 Å². The molecular formula is C17H16Br3N3O2S. The summed E-state index contributed by atoms with van der Waals surface area (Å²) in [6.45, 7) is 0. The van der Waals surface area contributed by atoms with E-state index in [1.54, 1.807) is 31.4 Å². The van der Waals surface area contributed by atoms with E-state index in [0.717, 1.165) is 0 Å². The first-order chi connectivity index (χ1) is 12.3.